The average molecular weight is 181 g/mol. The van der Waals surface area contributed by atoms with Crippen molar-refractivity contribution in [3.8, 4) is 0 Å². The number of aromatic nitrogens is 2. The largest absolute Gasteiger partial charge is 0.385 e. The van der Waals surface area contributed by atoms with E-state index in [2.05, 4.69) is 15.3 Å². The molecule has 0 aromatic carbocycles. The summed E-state index contributed by atoms with van der Waals surface area (Å²) in [5.41, 5.74) is 1.63. The monoisotopic (exact) mass is 181 g/mol. The van der Waals surface area contributed by atoms with E-state index in [0.29, 0.717) is 18.1 Å². The molecule has 0 saturated carbocycles. The Bertz CT molecular complexity index is 288. The second-order valence-corrected chi connectivity index (χ2v) is 3.06. The first-order chi connectivity index (χ1) is 6.15. The van der Waals surface area contributed by atoms with Crippen LogP contribution in [0.1, 0.15) is 23.2 Å². The van der Waals surface area contributed by atoms with Gasteiger partial charge in [-0.1, -0.05) is 0 Å². The number of nitrogens with one attached hydrogen (secondary N) is 1. The number of aryl methyl sites for hydroxylation is 2. The third kappa shape index (κ3) is 2.47. The van der Waals surface area contributed by atoms with Crippen LogP contribution in [-0.4, -0.2) is 28.7 Å². The number of aliphatic hydroxyl groups excluding tert-OH is 1. The van der Waals surface area contributed by atoms with E-state index >= 15 is 0 Å². The van der Waals surface area contributed by atoms with Gasteiger partial charge in [0, 0.05) is 12.7 Å². The van der Waals surface area contributed by atoms with Crippen molar-refractivity contribution in [2.45, 2.75) is 20.0 Å². The summed E-state index contributed by atoms with van der Waals surface area (Å²) in [5, 5.41) is 12.6. The summed E-state index contributed by atoms with van der Waals surface area (Å²) in [6, 6.07) is 0. The standard InChI is InChI=1S/C9H15N3O/c1-6-4-11-7(2)12-9(6)8(13)5-10-3/h4,8,10,13H,5H2,1-3H3. The zero-order chi connectivity index (χ0) is 9.84. The Morgan fingerprint density at radius 1 is 1.54 bits per heavy atom. The van der Waals surface area contributed by atoms with E-state index in [9.17, 15) is 5.11 Å². The Morgan fingerprint density at radius 3 is 2.85 bits per heavy atom. The van der Waals surface area contributed by atoms with Crippen LogP contribution in [0.4, 0.5) is 0 Å². The van der Waals surface area contributed by atoms with Gasteiger partial charge in [-0.2, -0.15) is 0 Å². The van der Waals surface area contributed by atoms with Crippen LogP contribution in [0.15, 0.2) is 6.20 Å². The molecule has 0 saturated heterocycles. The predicted octanol–water partition coefficient (Wildman–Crippen LogP) is 0.346. The molecule has 1 heterocycles. The molecule has 0 aliphatic heterocycles. The molecule has 0 bridgehead atoms. The summed E-state index contributed by atoms with van der Waals surface area (Å²) in [6.07, 6.45) is 1.18. The lowest BCUT2D eigenvalue weighted by Crippen LogP contribution is -2.19. The van der Waals surface area contributed by atoms with Gasteiger partial charge in [0.25, 0.3) is 0 Å². The first-order valence-corrected chi connectivity index (χ1v) is 4.28. The van der Waals surface area contributed by atoms with Crippen LogP contribution < -0.4 is 5.32 Å². The summed E-state index contributed by atoms with van der Waals surface area (Å²) in [7, 11) is 1.80. The Labute approximate surface area is 78.0 Å². The summed E-state index contributed by atoms with van der Waals surface area (Å²) in [4.78, 5) is 8.23. The summed E-state index contributed by atoms with van der Waals surface area (Å²) in [5.74, 6) is 0.691. The number of nitrogens with zero attached hydrogens (tertiary/aromatic N) is 2. The van der Waals surface area contributed by atoms with Gasteiger partial charge in [-0.25, -0.2) is 9.97 Å². The van der Waals surface area contributed by atoms with Gasteiger partial charge in [-0.15, -0.1) is 0 Å². The molecule has 1 atom stereocenters. The predicted molar refractivity (Wildman–Crippen MR) is 50.4 cm³/mol. The van der Waals surface area contributed by atoms with E-state index in [0.717, 1.165) is 5.56 Å². The molecule has 4 heteroatoms. The van der Waals surface area contributed by atoms with Gasteiger partial charge in [-0.05, 0) is 26.5 Å². The third-order valence-corrected chi connectivity index (χ3v) is 1.84. The van der Waals surface area contributed by atoms with Gasteiger partial charge in [0.15, 0.2) is 0 Å². The van der Waals surface area contributed by atoms with Crippen molar-refractivity contribution in [1.29, 1.82) is 0 Å². The maximum atomic E-state index is 9.67. The minimum Gasteiger partial charge on any atom is -0.385 e. The molecule has 4 nitrogen and oxygen atoms in total. The fourth-order valence-electron chi connectivity index (χ4n) is 1.18. The molecule has 13 heavy (non-hydrogen) atoms. The molecule has 0 amide bonds. The van der Waals surface area contributed by atoms with Crippen molar-refractivity contribution in [1.82, 2.24) is 15.3 Å². The molecule has 72 valence electrons. The van der Waals surface area contributed by atoms with E-state index in [-0.39, 0.29) is 0 Å². The number of rotatable bonds is 3. The molecular weight excluding hydrogens is 166 g/mol. The fourth-order valence-corrected chi connectivity index (χ4v) is 1.18. The van der Waals surface area contributed by atoms with Crippen LogP contribution in [0.3, 0.4) is 0 Å². The van der Waals surface area contributed by atoms with Crippen molar-refractivity contribution < 1.29 is 5.11 Å². The van der Waals surface area contributed by atoms with Crippen LogP contribution in [0.2, 0.25) is 0 Å². The highest BCUT2D eigenvalue weighted by molar-refractivity contribution is 5.18. The lowest BCUT2D eigenvalue weighted by atomic mass is 10.1. The fraction of sp³-hybridized carbons (Fsp3) is 0.556. The zero-order valence-corrected chi connectivity index (χ0v) is 8.20. The summed E-state index contributed by atoms with van der Waals surface area (Å²) in [6.45, 7) is 4.22. The van der Waals surface area contributed by atoms with Gasteiger partial charge in [0.1, 0.15) is 11.9 Å². The summed E-state index contributed by atoms with van der Waals surface area (Å²) < 4.78 is 0. The molecule has 1 aromatic rings. The number of hydrogen-bond acceptors (Lipinski definition) is 4. The Hall–Kier alpha value is -1.00. The SMILES string of the molecule is CNCC(O)c1nc(C)ncc1C. The molecule has 0 spiro atoms. The topological polar surface area (TPSA) is 58.0 Å². The normalized spacial score (nSPS) is 12.9. The lowest BCUT2D eigenvalue weighted by molar-refractivity contribution is 0.172. The smallest absolute Gasteiger partial charge is 0.125 e. The Morgan fingerprint density at radius 2 is 2.23 bits per heavy atom. The molecule has 0 aliphatic rings. The minimum absolute atomic E-state index is 0.511. The minimum atomic E-state index is -0.549. The third-order valence-electron chi connectivity index (χ3n) is 1.84. The van der Waals surface area contributed by atoms with E-state index in [4.69, 9.17) is 0 Å². The van der Waals surface area contributed by atoms with E-state index in [1.165, 1.54) is 0 Å². The maximum Gasteiger partial charge on any atom is 0.125 e. The highest BCUT2D eigenvalue weighted by Gasteiger charge is 2.11. The van der Waals surface area contributed by atoms with Crippen molar-refractivity contribution in [3.63, 3.8) is 0 Å². The molecule has 1 rings (SSSR count). The molecule has 1 unspecified atom stereocenters. The molecular formula is C9H15N3O. The van der Waals surface area contributed by atoms with Crippen LogP contribution in [0.5, 0.6) is 0 Å². The van der Waals surface area contributed by atoms with Crippen molar-refractivity contribution in [3.05, 3.63) is 23.3 Å². The molecule has 0 radical (unpaired) electrons. The first-order valence-electron chi connectivity index (χ1n) is 4.28. The molecule has 0 fully saturated rings. The van der Waals surface area contributed by atoms with Gasteiger partial charge in [-0.3, -0.25) is 0 Å². The molecule has 2 N–H and O–H groups in total. The first kappa shape index (κ1) is 10.1. The highest BCUT2D eigenvalue weighted by Crippen LogP contribution is 2.12. The van der Waals surface area contributed by atoms with Crippen LogP contribution >= 0.6 is 0 Å². The quantitative estimate of drug-likeness (QED) is 0.706. The number of aliphatic hydroxyl groups is 1. The maximum absolute atomic E-state index is 9.67. The summed E-state index contributed by atoms with van der Waals surface area (Å²) >= 11 is 0. The Balaban J connectivity index is 2.91. The lowest BCUT2D eigenvalue weighted by Gasteiger charge is -2.11. The second kappa shape index (κ2) is 4.30. The van der Waals surface area contributed by atoms with Crippen molar-refractivity contribution in [2.24, 2.45) is 0 Å². The highest BCUT2D eigenvalue weighted by atomic mass is 16.3. The van der Waals surface area contributed by atoms with E-state index < -0.39 is 6.10 Å². The van der Waals surface area contributed by atoms with Crippen LogP contribution in [0.25, 0.3) is 0 Å². The Kier molecular flexibility index (Phi) is 3.33. The molecule has 1 aromatic heterocycles. The van der Waals surface area contributed by atoms with Crippen molar-refractivity contribution >= 4 is 0 Å². The zero-order valence-electron chi connectivity index (χ0n) is 8.20. The van der Waals surface area contributed by atoms with E-state index in [1.807, 2.05) is 13.8 Å². The number of hydrogen-bond donors (Lipinski definition) is 2. The number of likely N-dealkylation sites (N-methyl/N-ethyl adjacent to an activating group) is 1. The van der Waals surface area contributed by atoms with Crippen molar-refractivity contribution in [2.75, 3.05) is 13.6 Å². The van der Waals surface area contributed by atoms with Gasteiger partial charge in [0.05, 0.1) is 5.69 Å². The van der Waals surface area contributed by atoms with Gasteiger partial charge < -0.3 is 10.4 Å². The second-order valence-electron chi connectivity index (χ2n) is 3.06. The average Bonchev–Trinajstić information content (AvgIpc) is 2.09. The molecule has 0 aliphatic carbocycles. The van der Waals surface area contributed by atoms with Crippen LogP contribution in [0, 0.1) is 13.8 Å². The van der Waals surface area contributed by atoms with Crippen LogP contribution in [-0.2, 0) is 0 Å². The van der Waals surface area contributed by atoms with Gasteiger partial charge >= 0.3 is 0 Å². The van der Waals surface area contributed by atoms with Gasteiger partial charge in [0.2, 0.25) is 0 Å². The van der Waals surface area contributed by atoms with E-state index in [1.54, 1.807) is 13.2 Å².